The molecular formula is C13H19FN2O. The Morgan fingerprint density at radius 1 is 1.53 bits per heavy atom. The summed E-state index contributed by atoms with van der Waals surface area (Å²) in [6.45, 7) is 5.17. The lowest BCUT2D eigenvalue weighted by Crippen LogP contribution is -2.43. The van der Waals surface area contributed by atoms with Gasteiger partial charge in [-0.05, 0) is 26.1 Å². The van der Waals surface area contributed by atoms with Crippen LogP contribution in [0.15, 0.2) is 18.2 Å². The van der Waals surface area contributed by atoms with Crippen LogP contribution in [0.3, 0.4) is 0 Å². The zero-order valence-corrected chi connectivity index (χ0v) is 10.4. The van der Waals surface area contributed by atoms with Crippen molar-refractivity contribution in [2.24, 2.45) is 0 Å². The minimum absolute atomic E-state index is 0.170. The molecule has 1 atom stereocenters. The molecule has 2 rings (SSSR count). The Kier molecular flexibility index (Phi) is 3.97. The van der Waals surface area contributed by atoms with E-state index in [0.717, 1.165) is 25.4 Å². The highest BCUT2D eigenvalue weighted by Crippen LogP contribution is 2.17. The summed E-state index contributed by atoms with van der Waals surface area (Å²) in [5, 5.41) is 3.25. The van der Waals surface area contributed by atoms with Crippen LogP contribution in [-0.4, -0.2) is 44.3 Å². The molecule has 1 aliphatic heterocycles. The first-order chi connectivity index (χ1) is 8.16. The zero-order chi connectivity index (χ0) is 12.3. The number of likely N-dealkylation sites (N-methyl/N-ethyl adjacent to an activating group) is 1. The highest BCUT2D eigenvalue weighted by molar-refractivity contribution is 5.50. The van der Waals surface area contributed by atoms with Crippen molar-refractivity contribution in [2.45, 2.75) is 13.0 Å². The summed E-state index contributed by atoms with van der Waals surface area (Å²) >= 11 is 0. The quantitative estimate of drug-likeness (QED) is 0.870. The number of morpholine rings is 1. The topological polar surface area (TPSA) is 24.5 Å². The van der Waals surface area contributed by atoms with E-state index < -0.39 is 0 Å². The van der Waals surface area contributed by atoms with E-state index in [0.29, 0.717) is 12.1 Å². The van der Waals surface area contributed by atoms with Gasteiger partial charge in [0, 0.05) is 30.9 Å². The molecule has 1 N–H and O–H groups in total. The molecule has 1 aliphatic rings. The van der Waals surface area contributed by atoms with Gasteiger partial charge in [-0.1, -0.05) is 6.07 Å². The van der Waals surface area contributed by atoms with Gasteiger partial charge in [-0.25, -0.2) is 4.39 Å². The Balaban J connectivity index is 1.91. The molecule has 1 fully saturated rings. The molecule has 0 spiro atoms. The Bertz CT molecular complexity index is 384. The summed E-state index contributed by atoms with van der Waals surface area (Å²) in [5.74, 6) is -0.170. The average molecular weight is 238 g/mol. The minimum atomic E-state index is -0.170. The fourth-order valence-electron chi connectivity index (χ4n) is 2.01. The Hall–Kier alpha value is -1.13. The third-order valence-electron chi connectivity index (χ3n) is 3.13. The van der Waals surface area contributed by atoms with Crippen molar-refractivity contribution >= 4 is 5.69 Å². The summed E-state index contributed by atoms with van der Waals surface area (Å²) in [4.78, 5) is 2.24. The monoisotopic (exact) mass is 238 g/mol. The fourth-order valence-corrected chi connectivity index (χ4v) is 2.01. The van der Waals surface area contributed by atoms with Crippen LogP contribution in [0.2, 0.25) is 0 Å². The van der Waals surface area contributed by atoms with Gasteiger partial charge in [0.05, 0.1) is 12.7 Å². The first-order valence-corrected chi connectivity index (χ1v) is 5.96. The van der Waals surface area contributed by atoms with Crippen molar-refractivity contribution in [3.63, 3.8) is 0 Å². The highest BCUT2D eigenvalue weighted by atomic mass is 19.1. The summed E-state index contributed by atoms with van der Waals surface area (Å²) < 4.78 is 19.0. The first-order valence-electron chi connectivity index (χ1n) is 5.96. The maximum Gasteiger partial charge on any atom is 0.128 e. The largest absolute Gasteiger partial charge is 0.382 e. The molecule has 1 aromatic rings. The molecule has 94 valence electrons. The van der Waals surface area contributed by atoms with Gasteiger partial charge < -0.3 is 15.0 Å². The van der Waals surface area contributed by atoms with E-state index in [1.165, 1.54) is 6.07 Å². The van der Waals surface area contributed by atoms with Crippen LogP contribution >= 0.6 is 0 Å². The molecular weight excluding hydrogens is 219 g/mol. The number of benzene rings is 1. The molecule has 17 heavy (non-hydrogen) atoms. The fraction of sp³-hybridized carbons (Fsp3) is 0.538. The third-order valence-corrected chi connectivity index (χ3v) is 3.13. The normalized spacial score (nSPS) is 21.5. The number of nitrogens with zero attached hydrogens (tertiary/aromatic N) is 1. The molecule has 1 unspecified atom stereocenters. The predicted octanol–water partition coefficient (Wildman–Crippen LogP) is 1.88. The minimum Gasteiger partial charge on any atom is -0.382 e. The first kappa shape index (κ1) is 12.3. The standard InChI is InChI=1S/C13H19FN2O/c1-10-12(14)4-3-5-13(10)15-8-11-9-16(2)6-7-17-11/h3-5,11,15H,6-9H2,1-2H3. The molecule has 1 aromatic carbocycles. The predicted molar refractivity (Wildman–Crippen MR) is 66.9 cm³/mol. The van der Waals surface area contributed by atoms with Crippen molar-refractivity contribution in [1.29, 1.82) is 0 Å². The average Bonchev–Trinajstić information content (AvgIpc) is 2.31. The molecule has 0 radical (unpaired) electrons. The molecule has 4 heteroatoms. The summed E-state index contributed by atoms with van der Waals surface area (Å²) in [5.41, 5.74) is 1.51. The SMILES string of the molecule is Cc1c(F)cccc1NCC1CN(C)CCO1. The lowest BCUT2D eigenvalue weighted by Gasteiger charge is -2.30. The smallest absolute Gasteiger partial charge is 0.128 e. The van der Waals surface area contributed by atoms with Crippen molar-refractivity contribution in [2.75, 3.05) is 38.6 Å². The van der Waals surface area contributed by atoms with E-state index in [-0.39, 0.29) is 11.9 Å². The summed E-state index contributed by atoms with van der Waals surface area (Å²) in [6, 6.07) is 5.09. The van der Waals surface area contributed by atoms with E-state index in [1.54, 1.807) is 13.0 Å². The van der Waals surface area contributed by atoms with E-state index in [2.05, 4.69) is 17.3 Å². The Morgan fingerprint density at radius 2 is 2.35 bits per heavy atom. The van der Waals surface area contributed by atoms with Crippen LogP contribution in [0.25, 0.3) is 0 Å². The maximum absolute atomic E-state index is 13.3. The molecule has 0 aliphatic carbocycles. The van der Waals surface area contributed by atoms with E-state index in [9.17, 15) is 4.39 Å². The van der Waals surface area contributed by atoms with E-state index >= 15 is 0 Å². The number of halogens is 1. The zero-order valence-electron chi connectivity index (χ0n) is 10.4. The summed E-state index contributed by atoms with van der Waals surface area (Å²) in [7, 11) is 2.09. The second kappa shape index (κ2) is 5.47. The second-order valence-corrected chi connectivity index (χ2v) is 4.55. The molecule has 0 saturated carbocycles. The van der Waals surface area contributed by atoms with Crippen LogP contribution < -0.4 is 5.32 Å². The van der Waals surface area contributed by atoms with Crippen LogP contribution in [-0.2, 0) is 4.74 Å². The Morgan fingerprint density at radius 3 is 3.12 bits per heavy atom. The number of nitrogens with one attached hydrogen (secondary N) is 1. The van der Waals surface area contributed by atoms with Crippen LogP contribution in [0.1, 0.15) is 5.56 Å². The van der Waals surface area contributed by atoms with Crippen molar-refractivity contribution in [3.8, 4) is 0 Å². The third kappa shape index (κ3) is 3.17. The molecule has 0 bridgehead atoms. The van der Waals surface area contributed by atoms with Gasteiger partial charge in [-0.2, -0.15) is 0 Å². The molecule has 0 aromatic heterocycles. The van der Waals surface area contributed by atoms with Crippen LogP contribution in [0.5, 0.6) is 0 Å². The number of anilines is 1. The van der Waals surface area contributed by atoms with Crippen molar-refractivity contribution in [3.05, 3.63) is 29.6 Å². The molecule has 1 heterocycles. The van der Waals surface area contributed by atoms with Gasteiger partial charge in [-0.15, -0.1) is 0 Å². The number of hydrogen-bond donors (Lipinski definition) is 1. The molecule has 0 amide bonds. The van der Waals surface area contributed by atoms with E-state index in [1.807, 2.05) is 6.07 Å². The molecule has 3 nitrogen and oxygen atoms in total. The second-order valence-electron chi connectivity index (χ2n) is 4.55. The van der Waals surface area contributed by atoms with Gasteiger partial charge in [0.25, 0.3) is 0 Å². The Labute approximate surface area is 102 Å². The van der Waals surface area contributed by atoms with Crippen molar-refractivity contribution in [1.82, 2.24) is 4.90 Å². The van der Waals surface area contributed by atoms with Gasteiger partial charge in [0.2, 0.25) is 0 Å². The van der Waals surface area contributed by atoms with E-state index in [4.69, 9.17) is 4.74 Å². The highest BCUT2D eigenvalue weighted by Gasteiger charge is 2.17. The number of hydrogen-bond acceptors (Lipinski definition) is 3. The number of rotatable bonds is 3. The van der Waals surface area contributed by atoms with Crippen LogP contribution in [0, 0.1) is 12.7 Å². The van der Waals surface area contributed by atoms with Gasteiger partial charge in [0.15, 0.2) is 0 Å². The summed E-state index contributed by atoms with van der Waals surface area (Å²) in [6.07, 6.45) is 0.177. The van der Waals surface area contributed by atoms with Crippen molar-refractivity contribution < 1.29 is 9.13 Å². The van der Waals surface area contributed by atoms with Crippen LogP contribution in [0.4, 0.5) is 10.1 Å². The molecule has 1 saturated heterocycles. The maximum atomic E-state index is 13.3. The lowest BCUT2D eigenvalue weighted by molar-refractivity contribution is -0.0117. The lowest BCUT2D eigenvalue weighted by atomic mass is 10.2. The van der Waals surface area contributed by atoms with Gasteiger partial charge in [0.1, 0.15) is 5.82 Å². The van der Waals surface area contributed by atoms with Gasteiger partial charge >= 0.3 is 0 Å². The number of ether oxygens (including phenoxy) is 1. The van der Waals surface area contributed by atoms with Gasteiger partial charge in [-0.3, -0.25) is 0 Å².